The molecule has 4 rings (SSSR count). The first-order valence-electron chi connectivity index (χ1n) is 12.3. The SMILES string of the molecule is C=CC(=O)Nc1cc(C(=N)c2ccc(-n3ccc(=O)cc3)cc2)c(N[C@@H]2CCCN(C(=O)C=C)C2)nc1C. The van der Waals surface area contributed by atoms with Crippen molar-refractivity contribution in [3.05, 3.63) is 107 Å². The molecule has 9 heteroatoms. The van der Waals surface area contributed by atoms with E-state index in [1.54, 1.807) is 30.3 Å². The van der Waals surface area contributed by atoms with Gasteiger partial charge in [-0.2, -0.15) is 0 Å². The third kappa shape index (κ3) is 5.95. The quantitative estimate of drug-likeness (QED) is 0.316. The van der Waals surface area contributed by atoms with Gasteiger partial charge in [0.25, 0.3) is 0 Å². The number of piperidine rings is 1. The number of hydrogen-bond donors (Lipinski definition) is 3. The van der Waals surface area contributed by atoms with E-state index in [0.717, 1.165) is 18.5 Å². The van der Waals surface area contributed by atoms with Gasteiger partial charge in [-0.25, -0.2) is 4.98 Å². The highest BCUT2D eigenvalue weighted by Crippen LogP contribution is 2.27. The molecule has 3 aromatic rings. The monoisotopic (exact) mass is 510 g/mol. The van der Waals surface area contributed by atoms with E-state index in [1.807, 2.05) is 28.8 Å². The van der Waals surface area contributed by atoms with Gasteiger partial charge in [-0.05, 0) is 50.1 Å². The topological polar surface area (TPSA) is 120 Å². The van der Waals surface area contributed by atoms with Crippen LogP contribution in [0.4, 0.5) is 11.5 Å². The standard InChI is InChI=1S/C29H30N6O3/c1-4-26(37)33-25-17-24(28(30)20-8-10-22(11-9-20)34-15-12-23(36)13-16-34)29(31-19(25)3)32-21-7-6-14-35(18-21)27(38)5-2/h4-5,8-13,15-17,21,30H,1-2,6-7,14,18H2,3H3,(H,31,32)(H,33,37)/t21-/m1/s1. The van der Waals surface area contributed by atoms with Crippen LogP contribution in [0, 0.1) is 12.3 Å². The molecule has 1 aliphatic rings. The smallest absolute Gasteiger partial charge is 0.247 e. The lowest BCUT2D eigenvalue weighted by Gasteiger charge is -2.33. The summed E-state index contributed by atoms with van der Waals surface area (Å²) >= 11 is 0. The minimum atomic E-state index is -0.371. The Morgan fingerprint density at radius 2 is 1.82 bits per heavy atom. The number of nitrogens with zero attached hydrogens (tertiary/aromatic N) is 3. The predicted molar refractivity (Wildman–Crippen MR) is 149 cm³/mol. The van der Waals surface area contributed by atoms with Gasteiger partial charge in [-0.1, -0.05) is 25.3 Å². The van der Waals surface area contributed by atoms with Crippen LogP contribution in [-0.2, 0) is 9.59 Å². The number of aryl methyl sites for hydroxylation is 1. The molecule has 3 N–H and O–H groups in total. The second-order valence-electron chi connectivity index (χ2n) is 9.05. The Balaban J connectivity index is 1.67. The molecule has 1 fully saturated rings. The van der Waals surface area contributed by atoms with Gasteiger partial charge < -0.3 is 20.1 Å². The molecule has 0 saturated carbocycles. The Morgan fingerprint density at radius 3 is 2.47 bits per heavy atom. The van der Waals surface area contributed by atoms with Crippen LogP contribution in [0.1, 0.15) is 29.7 Å². The van der Waals surface area contributed by atoms with Crippen LogP contribution in [0.3, 0.4) is 0 Å². The molecule has 1 atom stereocenters. The number of benzene rings is 1. The van der Waals surface area contributed by atoms with E-state index in [1.165, 1.54) is 24.3 Å². The molecule has 9 nitrogen and oxygen atoms in total. The Morgan fingerprint density at radius 1 is 1.11 bits per heavy atom. The molecule has 0 radical (unpaired) electrons. The fraction of sp³-hybridized carbons (Fsp3) is 0.207. The van der Waals surface area contributed by atoms with Gasteiger partial charge in [0.15, 0.2) is 5.43 Å². The summed E-state index contributed by atoms with van der Waals surface area (Å²) in [6.07, 6.45) is 7.56. The minimum Gasteiger partial charge on any atom is -0.365 e. The minimum absolute atomic E-state index is 0.0533. The molecule has 0 unspecified atom stereocenters. The van der Waals surface area contributed by atoms with Gasteiger partial charge in [0.2, 0.25) is 11.8 Å². The second-order valence-corrected chi connectivity index (χ2v) is 9.05. The zero-order valence-corrected chi connectivity index (χ0v) is 21.2. The molecular formula is C29H30N6O3. The van der Waals surface area contributed by atoms with Crippen LogP contribution in [0.2, 0.25) is 0 Å². The van der Waals surface area contributed by atoms with Gasteiger partial charge in [-0.15, -0.1) is 0 Å². The summed E-state index contributed by atoms with van der Waals surface area (Å²) in [5.74, 6) is 0.0230. The zero-order valence-electron chi connectivity index (χ0n) is 21.2. The molecule has 0 aliphatic carbocycles. The fourth-order valence-electron chi connectivity index (χ4n) is 4.37. The average molecular weight is 511 g/mol. The normalized spacial score (nSPS) is 14.9. The number of amides is 2. The van der Waals surface area contributed by atoms with Gasteiger partial charge in [0, 0.05) is 60.5 Å². The highest BCUT2D eigenvalue weighted by atomic mass is 16.2. The molecule has 2 aromatic heterocycles. The summed E-state index contributed by atoms with van der Waals surface area (Å²) in [4.78, 5) is 42.1. The molecule has 2 amide bonds. The summed E-state index contributed by atoms with van der Waals surface area (Å²) in [6, 6.07) is 12.0. The van der Waals surface area contributed by atoms with E-state index in [2.05, 4.69) is 23.8 Å². The lowest BCUT2D eigenvalue weighted by molar-refractivity contribution is -0.127. The third-order valence-corrected chi connectivity index (χ3v) is 6.43. The summed E-state index contributed by atoms with van der Waals surface area (Å²) in [5.41, 5.74) is 3.22. The van der Waals surface area contributed by atoms with Crippen molar-refractivity contribution in [1.29, 1.82) is 5.41 Å². The molecule has 194 valence electrons. The van der Waals surface area contributed by atoms with Crippen molar-refractivity contribution in [2.75, 3.05) is 23.7 Å². The Bertz CT molecular complexity index is 1440. The third-order valence-electron chi connectivity index (χ3n) is 6.43. The largest absolute Gasteiger partial charge is 0.365 e. The number of nitrogens with one attached hydrogen (secondary N) is 3. The second kappa shape index (κ2) is 11.5. The molecule has 1 aromatic carbocycles. The molecule has 38 heavy (non-hydrogen) atoms. The maximum Gasteiger partial charge on any atom is 0.247 e. The van der Waals surface area contributed by atoms with Crippen LogP contribution >= 0.6 is 0 Å². The number of anilines is 2. The van der Waals surface area contributed by atoms with Crippen molar-refractivity contribution < 1.29 is 9.59 Å². The van der Waals surface area contributed by atoms with Crippen molar-refractivity contribution in [3.63, 3.8) is 0 Å². The van der Waals surface area contributed by atoms with Crippen molar-refractivity contribution >= 4 is 29.0 Å². The molecule has 3 heterocycles. The van der Waals surface area contributed by atoms with Crippen molar-refractivity contribution in [1.82, 2.24) is 14.5 Å². The zero-order chi connectivity index (χ0) is 27.2. The van der Waals surface area contributed by atoms with Crippen LogP contribution in [-0.4, -0.2) is 51.1 Å². The van der Waals surface area contributed by atoms with Crippen LogP contribution in [0.15, 0.2) is 85.0 Å². The van der Waals surface area contributed by atoms with E-state index >= 15 is 0 Å². The Kier molecular flexibility index (Phi) is 7.96. The van der Waals surface area contributed by atoms with Crippen molar-refractivity contribution in [2.45, 2.75) is 25.8 Å². The molecule has 0 spiro atoms. The first kappa shape index (κ1) is 26.3. The number of hydrogen-bond acceptors (Lipinski definition) is 6. The van der Waals surface area contributed by atoms with Gasteiger partial charge >= 0.3 is 0 Å². The molecule has 1 saturated heterocycles. The van der Waals surface area contributed by atoms with E-state index < -0.39 is 0 Å². The van der Waals surface area contributed by atoms with Crippen LogP contribution < -0.4 is 16.1 Å². The summed E-state index contributed by atoms with van der Waals surface area (Å²) in [7, 11) is 0. The number of aromatic nitrogens is 2. The predicted octanol–water partition coefficient (Wildman–Crippen LogP) is 3.67. The highest BCUT2D eigenvalue weighted by Gasteiger charge is 2.24. The van der Waals surface area contributed by atoms with Gasteiger partial charge in [0.05, 0.1) is 17.1 Å². The number of pyridine rings is 2. The van der Waals surface area contributed by atoms with Gasteiger partial charge in [-0.3, -0.25) is 19.8 Å². The maximum atomic E-state index is 12.2. The average Bonchev–Trinajstić information content (AvgIpc) is 2.94. The lowest BCUT2D eigenvalue weighted by atomic mass is 10.00. The number of carbonyl (C=O) groups is 2. The van der Waals surface area contributed by atoms with Gasteiger partial charge in [0.1, 0.15) is 5.82 Å². The first-order chi connectivity index (χ1) is 18.3. The molecule has 1 aliphatic heterocycles. The van der Waals surface area contributed by atoms with E-state index in [4.69, 9.17) is 10.4 Å². The summed E-state index contributed by atoms with van der Waals surface area (Å²) in [5, 5.41) is 15.2. The Labute approximate surface area is 221 Å². The van der Waals surface area contributed by atoms with Crippen LogP contribution in [0.25, 0.3) is 5.69 Å². The number of carbonyl (C=O) groups excluding carboxylic acids is 2. The summed E-state index contributed by atoms with van der Waals surface area (Å²) in [6.45, 7) is 10.1. The van der Waals surface area contributed by atoms with Crippen LogP contribution in [0.5, 0.6) is 0 Å². The summed E-state index contributed by atoms with van der Waals surface area (Å²) < 4.78 is 1.82. The maximum absolute atomic E-state index is 12.2. The Hall–Kier alpha value is -4.79. The fourth-order valence-corrected chi connectivity index (χ4v) is 4.37. The van der Waals surface area contributed by atoms with Crippen molar-refractivity contribution in [2.24, 2.45) is 0 Å². The molecular weight excluding hydrogens is 480 g/mol. The molecule has 0 bridgehead atoms. The van der Waals surface area contributed by atoms with E-state index in [9.17, 15) is 14.4 Å². The highest BCUT2D eigenvalue weighted by molar-refractivity contribution is 6.14. The van der Waals surface area contributed by atoms with Crippen molar-refractivity contribution in [3.8, 4) is 5.69 Å². The first-order valence-corrected chi connectivity index (χ1v) is 12.3. The number of likely N-dealkylation sites (tertiary alicyclic amines) is 1. The van der Waals surface area contributed by atoms with E-state index in [0.29, 0.717) is 41.4 Å². The lowest BCUT2D eigenvalue weighted by Crippen LogP contribution is -2.44. The van der Waals surface area contributed by atoms with E-state index in [-0.39, 0.29) is 29.0 Å². The number of rotatable bonds is 8.